The van der Waals surface area contributed by atoms with E-state index in [2.05, 4.69) is 38.2 Å². The van der Waals surface area contributed by atoms with Gasteiger partial charge in [0.25, 0.3) is 5.91 Å². The van der Waals surface area contributed by atoms with Gasteiger partial charge in [-0.1, -0.05) is 0 Å². The minimum absolute atomic E-state index is 0.0274. The van der Waals surface area contributed by atoms with Crippen molar-refractivity contribution in [1.29, 1.82) is 0 Å². The minimum Gasteiger partial charge on any atom is -0.496 e. The number of urea groups is 1. The zero-order valence-electron chi connectivity index (χ0n) is 30.9. The molecule has 7 rings (SSSR count). The van der Waals surface area contributed by atoms with E-state index in [1.807, 2.05) is 25.4 Å². The first-order valence-corrected chi connectivity index (χ1v) is 18.5. The van der Waals surface area contributed by atoms with Gasteiger partial charge in [0.1, 0.15) is 17.5 Å². The molecule has 13 nitrogen and oxygen atoms in total. The minimum atomic E-state index is -0.591. The van der Waals surface area contributed by atoms with Crippen LogP contribution in [-0.4, -0.2) is 135 Å². The molecule has 0 saturated carbocycles. The lowest BCUT2D eigenvalue weighted by Gasteiger charge is -2.38. The second-order valence-electron chi connectivity index (χ2n) is 14.8. The van der Waals surface area contributed by atoms with E-state index in [4.69, 9.17) is 9.47 Å². The largest absolute Gasteiger partial charge is 0.496 e. The fourth-order valence-corrected chi connectivity index (χ4v) is 8.42. The lowest BCUT2D eigenvalue weighted by molar-refractivity contribution is -0.136. The van der Waals surface area contributed by atoms with Gasteiger partial charge in [0.05, 0.1) is 19.8 Å². The van der Waals surface area contributed by atoms with E-state index in [9.17, 15) is 19.2 Å². The zero-order valence-corrected chi connectivity index (χ0v) is 30.9. The standard InChI is InChI=1S/C39H51N7O6/c1-41-22-29(23-42(2)39(41)50)27-20-34(51-3)32(35(21-27)52-4)25-44-13-10-26(11-14-44)9-12-43-15-17-45(18-16-43)30-5-6-31-28(19-30)24-46(38(31)49)33-7-8-36(47)40-37(33)48/h5-6,19-22,26,33H,7-18,23-25H2,1-4H3,(H,40,47,48). The Labute approximate surface area is 306 Å². The van der Waals surface area contributed by atoms with Crippen LogP contribution < -0.4 is 19.7 Å². The van der Waals surface area contributed by atoms with Crippen LogP contribution >= 0.6 is 0 Å². The highest BCUT2D eigenvalue weighted by molar-refractivity contribution is 6.05. The van der Waals surface area contributed by atoms with Crippen molar-refractivity contribution >= 4 is 35.0 Å². The number of rotatable bonds is 10. The number of hydrogen-bond donors (Lipinski definition) is 1. The summed E-state index contributed by atoms with van der Waals surface area (Å²) in [5.41, 5.74) is 5.81. The summed E-state index contributed by atoms with van der Waals surface area (Å²) in [6.45, 7) is 8.77. The number of hydrogen-bond acceptors (Lipinski definition) is 9. The maximum atomic E-state index is 13.1. The Balaban J connectivity index is 0.872. The van der Waals surface area contributed by atoms with Crippen LogP contribution in [0.15, 0.2) is 36.5 Å². The number of carbonyl (C=O) groups excluding carboxylic acids is 4. The Morgan fingerprint density at radius 1 is 0.827 bits per heavy atom. The Kier molecular flexibility index (Phi) is 10.4. The molecule has 3 fully saturated rings. The van der Waals surface area contributed by atoms with Crippen LogP contribution in [0.5, 0.6) is 11.5 Å². The number of ether oxygens (including phenoxy) is 2. The smallest absolute Gasteiger partial charge is 0.323 e. The molecule has 278 valence electrons. The van der Waals surface area contributed by atoms with E-state index in [0.29, 0.717) is 31.0 Å². The SMILES string of the molecule is COc1cc(C2=CN(C)C(=O)N(C)C2)cc(OC)c1CN1CCC(CCN2CCN(c3ccc4c(c3)CN(C3CCC(=O)NC3=O)C4=O)CC2)CC1. The summed E-state index contributed by atoms with van der Waals surface area (Å²) in [4.78, 5) is 61.8. The van der Waals surface area contributed by atoms with E-state index < -0.39 is 6.04 Å². The topological polar surface area (TPSA) is 118 Å². The van der Waals surface area contributed by atoms with Crippen LogP contribution in [0, 0.1) is 5.92 Å². The van der Waals surface area contributed by atoms with Crippen LogP contribution in [0.25, 0.3) is 5.57 Å². The highest BCUT2D eigenvalue weighted by Gasteiger charge is 2.39. The Bertz CT molecular complexity index is 1720. The summed E-state index contributed by atoms with van der Waals surface area (Å²) < 4.78 is 11.8. The number of methoxy groups -OCH3 is 2. The monoisotopic (exact) mass is 713 g/mol. The maximum Gasteiger partial charge on any atom is 0.323 e. The molecule has 1 N–H and O–H groups in total. The van der Waals surface area contributed by atoms with Gasteiger partial charge in [-0.3, -0.25) is 29.5 Å². The molecule has 0 spiro atoms. The molecule has 0 radical (unpaired) electrons. The molecule has 52 heavy (non-hydrogen) atoms. The summed E-state index contributed by atoms with van der Waals surface area (Å²) in [5, 5.41) is 2.38. The number of nitrogens with one attached hydrogen (secondary N) is 1. The first-order chi connectivity index (χ1) is 25.1. The van der Waals surface area contributed by atoms with E-state index in [0.717, 1.165) is 91.8 Å². The molecular weight excluding hydrogens is 662 g/mol. The molecule has 13 heteroatoms. The molecule has 0 aromatic heterocycles. The average Bonchev–Trinajstić information content (AvgIpc) is 3.48. The summed E-state index contributed by atoms with van der Waals surface area (Å²) in [6.07, 6.45) is 6.07. The number of likely N-dealkylation sites (tertiary alicyclic amines) is 1. The van der Waals surface area contributed by atoms with Crippen LogP contribution in [0.1, 0.15) is 59.2 Å². The number of likely N-dealkylation sites (N-methyl/N-ethyl adjacent to an activating group) is 1. The Morgan fingerprint density at radius 2 is 1.54 bits per heavy atom. The van der Waals surface area contributed by atoms with Gasteiger partial charge >= 0.3 is 6.03 Å². The number of piperazine rings is 1. The third-order valence-corrected chi connectivity index (χ3v) is 11.6. The van der Waals surface area contributed by atoms with Gasteiger partial charge in [0, 0.05) is 83.8 Å². The first-order valence-electron chi connectivity index (χ1n) is 18.5. The van der Waals surface area contributed by atoms with Gasteiger partial charge < -0.3 is 29.1 Å². The summed E-state index contributed by atoms with van der Waals surface area (Å²) in [6, 6.07) is 9.55. The molecule has 0 aliphatic carbocycles. The maximum absolute atomic E-state index is 13.1. The predicted octanol–water partition coefficient (Wildman–Crippen LogP) is 3.23. The fraction of sp³-hybridized carbons (Fsp3) is 0.538. The molecule has 5 aliphatic heterocycles. The third-order valence-electron chi connectivity index (χ3n) is 11.6. The van der Waals surface area contributed by atoms with Crippen molar-refractivity contribution in [2.24, 2.45) is 5.92 Å². The quantitative estimate of drug-likeness (QED) is 0.371. The van der Waals surface area contributed by atoms with Crippen LogP contribution in [-0.2, 0) is 22.7 Å². The molecule has 5 heterocycles. The van der Waals surface area contributed by atoms with Crippen molar-refractivity contribution < 1.29 is 28.7 Å². The Hall–Kier alpha value is -4.62. The Morgan fingerprint density at radius 3 is 2.19 bits per heavy atom. The number of imide groups is 1. The van der Waals surface area contributed by atoms with Crippen molar-refractivity contribution in [3.05, 3.63) is 58.8 Å². The highest BCUT2D eigenvalue weighted by Crippen LogP contribution is 2.37. The van der Waals surface area contributed by atoms with Crippen molar-refractivity contribution in [3.63, 3.8) is 0 Å². The summed E-state index contributed by atoms with van der Waals surface area (Å²) in [5.74, 6) is 1.54. The number of carbonyl (C=O) groups is 4. The van der Waals surface area contributed by atoms with Crippen LogP contribution in [0.2, 0.25) is 0 Å². The number of anilines is 1. The van der Waals surface area contributed by atoms with E-state index in [1.54, 1.807) is 36.0 Å². The van der Waals surface area contributed by atoms with Gasteiger partial charge in [-0.05, 0) is 98.3 Å². The average molecular weight is 714 g/mol. The molecular formula is C39H51N7O6. The molecule has 1 unspecified atom stereocenters. The lowest BCUT2D eigenvalue weighted by atomic mass is 9.92. The number of nitrogens with zero attached hydrogens (tertiary/aromatic N) is 6. The van der Waals surface area contributed by atoms with Gasteiger partial charge in [0.2, 0.25) is 11.8 Å². The van der Waals surface area contributed by atoms with E-state index in [-0.39, 0.29) is 30.2 Å². The number of fused-ring (bicyclic) bond motifs is 1. The second kappa shape index (κ2) is 15.2. The summed E-state index contributed by atoms with van der Waals surface area (Å²) >= 11 is 0. The van der Waals surface area contributed by atoms with Crippen molar-refractivity contribution in [1.82, 2.24) is 29.8 Å². The lowest BCUT2D eigenvalue weighted by Crippen LogP contribution is -2.52. The predicted molar refractivity (Wildman–Crippen MR) is 197 cm³/mol. The van der Waals surface area contributed by atoms with Crippen molar-refractivity contribution in [3.8, 4) is 11.5 Å². The van der Waals surface area contributed by atoms with Gasteiger partial charge in [-0.2, -0.15) is 0 Å². The molecule has 2 aromatic carbocycles. The molecule has 5 aliphatic rings. The molecule has 2 aromatic rings. The molecule has 5 amide bonds. The highest BCUT2D eigenvalue weighted by atomic mass is 16.5. The van der Waals surface area contributed by atoms with Crippen molar-refractivity contribution in [2.75, 3.05) is 85.6 Å². The fourth-order valence-electron chi connectivity index (χ4n) is 8.42. The third kappa shape index (κ3) is 7.34. The van der Waals surface area contributed by atoms with Crippen molar-refractivity contribution in [2.45, 2.75) is 51.2 Å². The first kappa shape index (κ1) is 35.8. The van der Waals surface area contributed by atoms with Gasteiger partial charge in [0.15, 0.2) is 0 Å². The normalized spacial score (nSPS) is 22.2. The number of piperidine rings is 2. The zero-order chi connectivity index (χ0) is 36.5. The van der Waals surface area contributed by atoms with Gasteiger partial charge in [-0.15, -0.1) is 0 Å². The number of benzene rings is 2. The van der Waals surface area contributed by atoms with E-state index >= 15 is 0 Å². The number of amides is 5. The molecule has 0 bridgehead atoms. The molecule has 3 saturated heterocycles. The molecule has 1 atom stereocenters. The van der Waals surface area contributed by atoms with Crippen LogP contribution in [0.4, 0.5) is 10.5 Å². The second-order valence-corrected chi connectivity index (χ2v) is 14.8. The van der Waals surface area contributed by atoms with Crippen LogP contribution in [0.3, 0.4) is 0 Å². The summed E-state index contributed by atoms with van der Waals surface area (Å²) in [7, 11) is 6.99. The van der Waals surface area contributed by atoms with E-state index in [1.165, 1.54) is 19.3 Å². The van der Waals surface area contributed by atoms with Gasteiger partial charge in [-0.25, -0.2) is 4.79 Å².